The molecule has 0 fully saturated rings. The topological polar surface area (TPSA) is 39.3 Å². The molecule has 0 amide bonds. The second kappa shape index (κ2) is 7.46. The van der Waals surface area contributed by atoms with Crippen LogP contribution in [-0.4, -0.2) is 40.7 Å². The van der Waals surface area contributed by atoms with Crippen LogP contribution in [0.3, 0.4) is 0 Å². The number of aliphatic hydroxyl groups is 1. The summed E-state index contributed by atoms with van der Waals surface area (Å²) in [6.07, 6.45) is 4.90. The summed E-state index contributed by atoms with van der Waals surface area (Å²) in [6, 6.07) is 8.43. The molecule has 0 spiro atoms. The summed E-state index contributed by atoms with van der Waals surface area (Å²) < 4.78 is 0. The Morgan fingerprint density at radius 3 is 2.75 bits per heavy atom. The smallest absolute Gasteiger partial charge is 0.0664 e. The van der Waals surface area contributed by atoms with Crippen LogP contribution in [0.1, 0.15) is 32.3 Å². The minimum Gasteiger partial charge on any atom is -0.392 e. The molecule has 0 saturated heterocycles. The molecule has 2 aromatic rings. The van der Waals surface area contributed by atoms with Crippen LogP contribution < -0.4 is 0 Å². The van der Waals surface area contributed by atoms with Crippen molar-refractivity contribution in [3.05, 3.63) is 36.0 Å². The number of aromatic nitrogens is 1. The van der Waals surface area contributed by atoms with Crippen molar-refractivity contribution < 1.29 is 5.11 Å². The summed E-state index contributed by atoms with van der Waals surface area (Å²) in [5.74, 6) is 0. The monoisotopic (exact) mass is 274 g/mol. The number of aromatic amines is 1. The Hall–Kier alpha value is -1.32. The van der Waals surface area contributed by atoms with E-state index in [1.54, 1.807) is 0 Å². The standard InChI is InChI=1S/C17H26N2O/c1-3-10-19(13-15(20)4-2)11-9-14-12-18-17-8-6-5-7-16(14)17/h5-8,12,15,18,20H,3-4,9-11,13H2,1-2H3. The van der Waals surface area contributed by atoms with Crippen molar-refractivity contribution in [3.8, 4) is 0 Å². The van der Waals surface area contributed by atoms with Crippen molar-refractivity contribution in [2.45, 2.75) is 39.2 Å². The Morgan fingerprint density at radius 1 is 1.20 bits per heavy atom. The van der Waals surface area contributed by atoms with Crippen LogP contribution in [0.2, 0.25) is 0 Å². The zero-order valence-electron chi connectivity index (χ0n) is 12.6. The molecule has 3 nitrogen and oxygen atoms in total. The lowest BCUT2D eigenvalue weighted by atomic mass is 10.1. The van der Waals surface area contributed by atoms with Gasteiger partial charge >= 0.3 is 0 Å². The fourth-order valence-corrected chi connectivity index (χ4v) is 2.65. The van der Waals surface area contributed by atoms with Crippen molar-refractivity contribution in [3.63, 3.8) is 0 Å². The predicted molar refractivity (Wildman–Crippen MR) is 85.0 cm³/mol. The van der Waals surface area contributed by atoms with Gasteiger partial charge in [0.05, 0.1) is 6.10 Å². The van der Waals surface area contributed by atoms with Crippen LogP contribution in [0, 0.1) is 0 Å². The van der Waals surface area contributed by atoms with Crippen LogP contribution >= 0.6 is 0 Å². The van der Waals surface area contributed by atoms with E-state index < -0.39 is 0 Å². The number of hydrogen-bond donors (Lipinski definition) is 2. The number of nitrogens with zero attached hydrogens (tertiary/aromatic N) is 1. The second-order valence-corrected chi connectivity index (χ2v) is 5.47. The van der Waals surface area contributed by atoms with E-state index in [1.165, 1.54) is 16.5 Å². The largest absolute Gasteiger partial charge is 0.392 e. The van der Waals surface area contributed by atoms with Crippen LogP contribution in [0.25, 0.3) is 10.9 Å². The molecule has 0 aliphatic rings. The molecule has 1 aromatic heterocycles. The first kappa shape index (κ1) is 15.1. The maximum atomic E-state index is 9.84. The molecule has 3 heteroatoms. The molecule has 1 heterocycles. The summed E-state index contributed by atoms with van der Waals surface area (Å²) in [6.45, 7) is 7.07. The molecule has 110 valence electrons. The zero-order chi connectivity index (χ0) is 14.4. The van der Waals surface area contributed by atoms with Crippen LogP contribution in [0.15, 0.2) is 30.5 Å². The van der Waals surface area contributed by atoms with E-state index in [-0.39, 0.29) is 6.10 Å². The molecule has 2 N–H and O–H groups in total. The number of para-hydroxylation sites is 1. The Balaban J connectivity index is 1.97. The van der Waals surface area contributed by atoms with Gasteiger partial charge in [-0.05, 0) is 37.4 Å². The SMILES string of the molecule is CCCN(CCc1c[nH]c2ccccc12)CC(O)CC. The highest BCUT2D eigenvalue weighted by atomic mass is 16.3. The molecule has 0 saturated carbocycles. The minimum atomic E-state index is -0.204. The lowest BCUT2D eigenvalue weighted by Crippen LogP contribution is -2.34. The number of H-pyrrole nitrogens is 1. The van der Waals surface area contributed by atoms with E-state index >= 15 is 0 Å². The highest BCUT2D eigenvalue weighted by Crippen LogP contribution is 2.18. The molecule has 0 aliphatic carbocycles. The molecule has 1 aromatic carbocycles. The van der Waals surface area contributed by atoms with E-state index in [9.17, 15) is 5.11 Å². The van der Waals surface area contributed by atoms with Gasteiger partial charge in [0.25, 0.3) is 0 Å². The summed E-state index contributed by atoms with van der Waals surface area (Å²) in [4.78, 5) is 5.70. The van der Waals surface area contributed by atoms with E-state index in [4.69, 9.17) is 0 Å². The lowest BCUT2D eigenvalue weighted by Gasteiger charge is -2.24. The van der Waals surface area contributed by atoms with Crippen molar-refractivity contribution in [1.29, 1.82) is 0 Å². The highest BCUT2D eigenvalue weighted by Gasteiger charge is 2.11. The second-order valence-electron chi connectivity index (χ2n) is 5.47. The molecule has 0 aliphatic heterocycles. The first-order valence-corrected chi connectivity index (χ1v) is 7.70. The summed E-state index contributed by atoms with van der Waals surface area (Å²) >= 11 is 0. The van der Waals surface area contributed by atoms with Gasteiger partial charge in [0.2, 0.25) is 0 Å². The van der Waals surface area contributed by atoms with Crippen LogP contribution in [-0.2, 0) is 6.42 Å². The van der Waals surface area contributed by atoms with Gasteiger partial charge in [-0.15, -0.1) is 0 Å². The average Bonchev–Trinajstić information content (AvgIpc) is 2.88. The van der Waals surface area contributed by atoms with Gasteiger partial charge in [-0.25, -0.2) is 0 Å². The molecule has 20 heavy (non-hydrogen) atoms. The fourth-order valence-electron chi connectivity index (χ4n) is 2.65. The van der Waals surface area contributed by atoms with Gasteiger partial charge < -0.3 is 15.0 Å². The van der Waals surface area contributed by atoms with Crippen molar-refractivity contribution >= 4 is 10.9 Å². The van der Waals surface area contributed by atoms with Gasteiger partial charge in [0, 0.05) is 30.2 Å². The predicted octanol–water partition coefficient (Wildman–Crippen LogP) is 3.19. The molecular weight excluding hydrogens is 248 g/mol. The summed E-state index contributed by atoms with van der Waals surface area (Å²) in [5.41, 5.74) is 2.57. The minimum absolute atomic E-state index is 0.204. The first-order valence-electron chi connectivity index (χ1n) is 7.70. The maximum Gasteiger partial charge on any atom is 0.0664 e. The third-order valence-corrected chi connectivity index (χ3v) is 3.85. The van der Waals surface area contributed by atoms with Crippen molar-refractivity contribution in [1.82, 2.24) is 9.88 Å². The molecule has 1 unspecified atom stereocenters. The number of aliphatic hydroxyl groups excluding tert-OH is 1. The van der Waals surface area contributed by atoms with Crippen molar-refractivity contribution in [2.75, 3.05) is 19.6 Å². The molecule has 1 atom stereocenters. The van der Waals surface area contributed by atoms with E-state index in [1.807, 2.05) is 6.92 Å². The molecule has 2 rings (SSSR count). The van der Waals surface area contributed by atoms with Crippen LogP contribution in [0.4, 0.5) is 0 Å². The van der Waals surface area contributed by atoms with E-state index in [0.717, 1.165) is 38.9 Å². The summed E-state index contributed by atoms with van der Waals surface area (Å²) in [7, 11) is 0. The Kier molecular flexibility index (Phi) is 5.62. The lowest BCUT2D eigenvalue weighted by molar-refractivity contribution is 0.110. The summed E-state index contributed by atoms with van der Waals surface area (Å²) in [5, 5.41) is 11.2. The molecule has 0 bridgehead atoms. The van der Waals surface area contributed by atoms with Crippen molar-refractivity contribution in [2.24, 2.45) is 0 Å². The van der Waals surface area contributed by atoms with E-state index in [2.05, 4.69) is 47.3 Å². The number of benzene rings is 1. The average molecular weight is 274 g/mol. The van der Waals surface area contributed by atoms with E-state index in [0.29, 0.717) is 0 Å². The fraction of sp³-hybridized carbons (Fsp3) is 0.529. The Morgan fingerprint density at radius 2 is 2.00 bits per heavy atom. The quantitative estimate of drug-likeness (QED) is 0.776. The van der Waals surface area contributed by atoms with Gasteiger partial charge in [-0.1, -0.05) is 32.0 Å². The zero-order valence-corrected chi connectivity index (χ0v) is 12.6. The van der Waals surface area contributed by atoms with Crippen LogP contribution in [0.5, 0.6) is 0 Å². The molecule has 0 radical (unpaired) electrons. The number of nitrogens with one attached hydrogen (secondary N) is 1. The normalized spacial score (nSPS) is 13.2. The Bertz CT molecular complexity index is 520. The third-order valence-electron chi connectivity index (χ3n) is 3.85. The number of rotatable bonds is 8. The third kappa shape index (κ3) is 3.84. The Labute approximate surface area is 121 Å². The highest BCUT2D eigenvalue weighted by molar-refractivity contribution is 5.83. The maximum absolute atomic E-state index is 9.84. The van der Waals surface area contributed by atoms with Gasteiger partial charge in [-0.2, -0.15) is 0 Å². The van der Waals surface area contributed by atoms with Gasteiger partial charge in [-0.3, -0.25) is 0 Å². The van der Waals surface area contributed by atoms with Gasteiger partial charge in [0.1, 0.15) is 0 Å². The van der Waals surface area contributed by atoms with Gasteiger partial charge in [0.15, 0.2) is 0 Å². The number of hydrogen-bond acceptors (Lipinski definition) is 2. The number of fused-ring (bicyclic) bond motifs is 1. The molecular formula is C17H26N2O. The first-order chi connectivity index (χ1) is 9.74.